The number of nitrogens with one attached hydrogen (secondary N) is 1. The Hall–Kier alpha value is -1.43. The van der Waals surface area contributed by atoms with Crippen LogP contribution >= 0.6 is 0 Å². The summed E-state index contributed by atoms with van der Waals surface area (Å²) >= 11 is 0. The number of nitrogens with two attached hydrogens (primary N) is 1. The van der Waals surface area contributed by atoms with Crippen LogP contribution in [0.1, 0.15) is 12.5 Å². The average molecular weight is 263 g/mol. The summed E-state index contributed by atoms with van der Waals surface area (Å²) < 4.78 is 5.67. The lowest BCUT2D eigenvalue weighted by Gasteiger charge is -2.33. The molecular formula is C14H21N3O2. The largest absolute Gasteiger partial charge is 0.363 e. The fourth-order valence-corrected chi connectivity index (χ4v) is 2.31. The maximum atomic E-state index is 12.2. The van der Waals surface area contributed by atoms with Gasteiger partial charge in [-0.15, -0.1) is 0 Å². The van der Waals surface area contributed by atoms with Crippen molar-refractivity contribution < 1.29 is 9.53 Å². The smallest absolute Gasteiger partial charge is 0.254 e. The van der Waals surface area contributed by atoms with E-state index in [1.54, 1.807) is 0 Å². The quantitative estimate of drug-likeness (QED) is 0.846. The lowest BCUT2D eigenvalue weighted by molar-refractivity contribution is -0.139. The van der Waals surface area contributed by atoms with E-state index >= 15 is 0 Å². The maximum absolute atomic E-state index is 12.2. The number of likely N-dealkylation sites (N-methyl/N-ethyl adjacent to an activating group) is 1. The van der Waals surface area contributed by atoms with Gasteiger partial charge in [0.05, 0.1) is 6.10 Å². The molecule has 0 bridgehead atoms. The van der Waals surface area contributed by atoms with Crippen molar-refractivity contribution in [3.05, 3.63) is 29.8 Å². The van der Waals surface area contributed by atoms with Crippen molar-refractivity contribution in [3.8, 4) is 0 Å². The van der Waals surface area contributed by atoms with Crippen molar-refractivity contribution in [1.82, 2.24) is 4.90 Å². The molecule has 19 heavy (non-hydrogen) atoms. The summed E-state index contributed by atoms with van der Waals surface area (Å²) in [5.74, 6) is -0.104. The number of morpholine rings is 1. The summed E-state index contributed by atoms with van der Waals surface area (Å²) in [4.78, 5) is 14.3. The van der Waals surface area contributed by atoms with Crippen LogP contribution < -0.4 is 11.1 Å². The second-order valence-electron chi connectivity index (χ2n) is 5.05. The topological polar surface area (TPSA) is 67.6 Å². The highest BCUT2D eigenvalue weighted by Crippen LogP contribution is 2.14. The molecule has 0 aliphatic carbocycles. The molecule has 1 fully saturated rings. The van der Waals surface area contributed by atoms with Crippen LogP contribution in [0.25, 0.3) is 0 Å². The van der Waals surface area contributed by atoms with Crippen molar-refractivity contribution >= 4 is 11.6 Å². The zero-order chi connectivity index (χ0) is 13.8. The molecule has 3 N–H and O–H groups in total. The molecule has 1 amide bonds. The molecule has 0 aromatic heterocycles. The molecule has 1 saturated heterocycles. The predicted octanol–water partition coefficient (Wildman–Crippen LogP) is 0.803. The van der Waals surface area contributed by atoms with Crippen molar-refractivity contribution in [3.63, 3.8) is 0 Å². The first kappa shape index (κ1) is 14.0. The van der Waals surface area contributed by atoms with Crippen LogP contribution in [0.15, 0.2) is 24.3 Å². The Morgan fingerprint density at radius 1 is 1.53 bits per heavy atom. The lowest BCUT2D eigenvalue weighted by Crippen LogP contribution is -2.49. The van der Waals surface area contributed by atoms with Gasteiger partial charge in [-0.2, -0.15) is 0 Å². The Morgan fingerprint density at radius 3 is 3.00 bits per heavy atom. The van der Waals surface area contributed by atoms with Crippen LogP contribution in [-0.2, 0) is 16.1 Å². The second-order valence-corrected chi connectivity index (χ2v) is 5.05. The molecule has 2 rings (SSSR count). The molecule has 0 unspecified atom stereocenters. The Labute approximate surface area is 113 Å². The molecule has 5 heteroatoms. The van der Waals surface area contributed by atoms with Crippen LogP contribution in [0.4, 0.5) is 5.69 Å². The Morgan fingerprint density at radius 2 is 2.32 bits per heavy atom. The van der Waals surface area contributed by atoms with Gasteiger partial charge in [0.15, 0.2) is 0 Å². The highest BCUT2D eigenvalue weighted by atomic mass is 16.5. The third-order valence-corrected chi connectivity index (χ3v) is 3.17. The fourth-order valence-electron chi connectivity index (χ4n) is 2.31. The van der Waals surface area contributed by atoms with Gasteiger partial charge in [0.2, 0.25) is 0 Å². The predicted molar refractivity (Wildman–Crippen MR) is 74.8 cm³/mol. The molecule has 1 aromatic rings. The molecule has 5 nitrogen and oxygen atoms in total. The summed E-state index contributed by atoms with van der Waals surface area (Å²) in [7, 11) is 1.99. The molecule has 1 heterocycles. The van der Waals surface area contributed by atoms with Gasteiger partial charge in [-0.3, -0.25) is 4.79 Å². The minimum absolute atomic E-state index is 0.0740. The number of carbonyl (C=O) groups is 1. The zero-order valence-electron chi connectivity index (χ0n) is 11.4. The minimum atomic E-state index is -0.421. The normalized spacial score (nSPS) is 24.2. The van der Waals surface area contributed by atoms with Gasteiger partial charge in [0.25, 0.3) is 5.91 Å². The van der Waals surface area contributed by atoms with E-state index in [2.05, 4.69) is 10.2 Å². The molecule has 2 atom stereocenters. The Balaban J connectivity index is 2.00. The van der Waals surface area contributed by atoms with Crippen LogP contribution in [0.5, 0.6) is 0 Å². The molecule has 0 saturated carbocycles. The SMILES string of the molecule is C[C@H]1CN(C)C[C@@H](C(=O)Nc2cccc(CN)c2)O1. The number of rotatable bonds is 3. The number of hydrogen-bond donors (Lipinski definition) is 2. The van der Waals surface area contributed by atoms with Gasteiger partial charge in [-0.1, -0.05) is 12.1 Å². The van der Waals surface area contributed by atoms with Crippen LogP contribution in [0.3, 0.4) is 0 Å². The number of carbonyl (C=O) groups excluding carboxylic acids is 1. The van der Waals surface area contributed by atoms with E-state index in [1.807, 2.05) is 38.2 Å². The summed E-state index contributed by atoms with van der Waals surface area (Å²) in [6.07, 6.45) is -0.347. The van der Waals surface area contributed by atoms with E-state index in [9.17, 15) is 4.79 Å². The van der Waals surface area contributed by atoms with E-state index in [0.29, 0.717) is 13.1 Å². The van der Waals surface area contributed by atoms with Gasteiger partial charge in [-0.25, -0.2) is 0 Å². The lowest BCUT2D eigenvalue weighted by atomic mass is 10.2. The molecule has 0 spiro atoms. The average Bonchev–Trinajstić information content (AvgIpc) is 2.37. The first-order valence-corrected chi connectivity index (χ1v) is 6.52. The molecule has 1 aromatic carbocycles. The highest BCUT2D eigenvalue weighted by Gasteiger charge is 2.28. The van der Waals surface area contributed by atoms with E-state index in [-0.39, 0.29) is 12.0 Å². The Bertz CT molecular complexity index is 440. The number of ether oxygens (including phenoxy) is 1. The number of anilines is 1. The van der Waals surface area contributed by atoms with Gasteiger partial charge < -0.3 is 20.7 Å². The number of benzene rings is 1. The van der Waals surface area contributed by atoms with Crippen LogP contribution in [-0.4, -0.2) is 43.2 Å². The first-order chi connectivity index (χ1) is 9.08. The molecule has 1 aliphatic rings. The monoisotopic (exact) mass is 263 g/mol. The van der Waals surface area contributed by atoms with E-state index < -0.39 is 6.10 Å². The second kappa shape index (κ2) is 6.14. The summed E-state index contributed by atoms with van der Waals surface area (Å²) in [5, 5.41) is 2.88. The highest BCUT2D eigenvalue weighted by molar-refractivity contribution is 5.94. The molecule has 0 radical (unpaired) electrons. The van der Waals surface area contributed by atoms with Crippen molar-refractivity contribution in [2.75, 3.05) is 25.5 Å². The minimum Gasteiger partial charge on any atom is -0.363 e. The molecular weight excluding hydrogens is 242 g/mol. The summed E-state index contributed by atoms with van der Waals surface area (Å²) in [6, 6.07) is 7.55. The first-order valence-electron chi connectivity index (χ1n) is 6.52. The van der Waals surface area contributed by atoms with Gasteiger partial charge >= 0.3 is 0 Å². The van der Waals surface area contributed by atoms with Crippen LogP contribution in [0, 0.1) is 0 Å². The maximum Gasteiger partial charge on any atom is 0.254 e. The molecule has 104 valence electrons. The third kappa shape index (κ3) is 3.76. The Kier molecular flexibility index (Phi) is 4.52. The zero-order valence-corrected chi connectivity index (χ0v) is 11.4. The van der Waals surface area contributed by atoms with E-state index in [4.69, 9.17) is 10.5 Å². The summed E-state index contributed by atoms with van der Waals surface area (Å²) in [5.41, 5.74) is 7.34. The third-order valence-electron chi connectivity index (χ3n) is 3.17. The van der Waals surface area contributed by atoms with Gasteiger partial charge in [-0.05, 0) is 31.7 Å². The summed E-state index contributed by atoms with van der Waals surface area (Å²) in [6.45, 7) is 3.91. The van der Waals surface area contributed by atoms with Gasteiger partial charge in [0, 0.05) is 25.3 Å². The van der Waals surface area contributed by atoms with Crippen LogP contribution in [0.2, 0.25) is 0 Å². The van der Waals surface area contributed by atoms with Crippen molar-refractivity contribution in [1.29, 1.82) is 0 Å². The number of amides is 1. The van der Waals surface area contributed by atoms with E-state index in [0.717, 1.165) is 17.8 Å². The van der Waals surface area contributed by atoms with E-state index in [1.165, 1.54) is 0 Å². The van der Waals surface area contributed by atoms with Crippen molar-refractivity contribution in [2.24, 2.45) is 5.73 Å². The standard InChI is InChI=1S/C14H21N3O2/c1-10-8-17(2)9-13(19-10)14(18)16-12-5-3-4-11(6-12)7-15/h3-6,10,13H,7-9,15H2,1-2H3,(H,16,18)/t10-,13-/m0/s1. The fraction of sp³-hybridized carbons (Fsp3) is 0.500. The molecule has 1 aliphatic heterocycles. The van der Waals surface area contributed by atoms with Crippen molar-refractivity contribution in [2.45, 2.75) is 25.7 Å². The number of hydrogen-bond acceptors (Lipinski definition) is 4. The number of nitrogens with zero attached hydrogens (tertiary/aromatic N) is 1. The van der Waals surface area contributed by atoms with Gasteiger partial charge in [0.1, 0.15) is 6.10 Å².